The van der Waals surface area contributed by atoms with Gasteiger partial charge in [0.25, 0.3) is 0 Å². The fourth-order valence-electron chi connectivity index (χ4n) is 4.05. The summed E-state index contributed by atoms with van der Waals surface area (Å²) < 4.78 is 14.0. The largest absolute Gasteiger partial charge is 0.359 e. The van der Waals surface area contributed by atoms with Gasteiger partial charge in [0, 0.05) is 32.1 Å². The maximum Gasteiger partial charge on any atom is 0.226 e. The van der Waals surface area contributed by atoms with Crippen LogP contribution in [0.4, 0.5) is 4.39 Å². The van der Waals surface area contributed by atoms with Gasteiger partial charge >= 0.3 is 0 Å². The van der Waals surface area contributed by atoms with Crippen LogP contribution in [0.2, 0.25) is 0 Å². The molecular formula is C23H27FN2O2. The molecule has 5 heteroatoms. The quantitative estimate of drug-likeness (QED) is 0.855. The van der Waals surface area contributed by atoms with E-state index in [0.717, 1.165) is 11.1 Å². The van der Waals surface area contributed by atoms with Crippen molar-refractivity contribution in [2.45, 2.75) is 32.6 Å². The van der Waals surface area contributed by atoms with Gasteiger partial charge in [-0.25, -0.2) is 4.39 Å². The molecule has 0 atom stereocenters. The zero-order valence-corrected chi connectivity index (χ0v) is 16.5. The number of benzene rings is 2. The lowest BCUT2D eigenvalue weighted by Crippen LogP contribution is -2.50. The highest BCUT2D eigenvalue weighted by Crippen LogP contribution is 2.36. The standard InChI is InChI=1S/C23H27FN2O2/c1-3-21(27)26-14-12-23(13-15-26,22(28)25-2)16-17-8-10-18(11-9-17)19-6-4-5-7-20(19)24/h4-11H,3,12-16H2,1-2H3,(H,25,28). The van der Waals surface area contributed by atoms with E-state index in [0.29, 0.717) is 44.3 Å². The number of piperidine rings is 1. The number of carbonyl (C=O) groups excluding carboxylic acids is 2. The number of hydrogen-bond donors (Lipinski definition) is 1. The fourth-order valence-corrected chi connectivity index (χ4v) is 4.05. The molecule has 1 saturated heterocycles. The number of hydrogen-bond acceptors (Lipinski definition) is 2. The molecule has 1 N–H and O–H groups in total. The summed E-state index contributed by atoms with van der Waals surface area (Å²) in [5.74, 6) is -0.0842. The average Bonchev–Trinajstić information content (AvgIpc) is 2.74. The Morgan fingerprint density at radius 1 is 1.07 bits per heavy atom. The molecule has 2 amide bonds. The zero-order chi connectivity index (χ0) is 20.1. The Balaban J connectivity index is 1.78. The van der Waals surface area contributed by atoms with E-state index < -0.39 is 5.41 Å². The van der Waals surface area contributed by atoms with Crippen LogP contribution >= 0.6 is 0 Å². The van der Waals surface area contributed by atoms with Crippen LogP contribution in [0.3, 0.4) is 0 Å². The summed E-state index contributed by atoms with van der Waals surface area (Å²) in [6.45, 7) is 3.07. The predicted molar refractivity (Wildman–Crippen MR) is 108 cm³/mol. The highest BCUT2D eigenvalue weighted by Gasteiger charge is 2.41. The van der Waals surface area contributed by atoms with Gasteiger partial charge in [-0.2, -0.15) is 0 Å². The lowest BCUT2D eigenvalue weighted by atomic mass is 9.73. The van der Waals surface area contributed by atoms with Gasteiger partial charge in [-0.05, 0) is 36.5 Å². The van der Waals surface area contributed by atoms with Crippen LogP contribution < -0.4 is 5.32 Å². The van der Waals surface area contributed by atoms with E-state index in [4.69, 9.17) is 0 Å². The average molecular weight is 382 g/mol. The maximum atomic E-state index is 14.0. The Hall–Kier alpha value is -2.69. The Kier molecular flexibility index (Phi) is 6.12. The summed E-state index contributed by atoms with van der Waals surface area (Å²) in [4.78, 5) is 26.5. The maximum absolute atomic E-state index is 14.0. The molecule has 28 heavy (non-hydrogen) atoms. The molecule has 4 nitrogen and oxygen atoms in total. The number of rotatable bonds is 5. The molecule has 2 aromatic rings. The third-order valence-electron chi connectivity index (χ3n) is 5.77. The lowest BCUT2D eigenvalue weighted by molar-refractivity contribution is -0.140. The topological polar surface area (TPSA) is 49.4 Å². The van der Waals surface area contributed by atoms with Crippen LogP contribution in [0.1, 0.15) is 31.7 Å². The second kappa shape index (κ2) is 8.55. The number of likely N-dealkylation sites (tertiary alicyclic amines) is 1. The second-order valence-electron chi connectivity index (χ2n) is 7.45. The molecule has 0 unspecified atom stereocenters. The van der Waals surface area contributed by atoms with Crippen LogP contribution in [0.25, 0.3) is 11.1 Å². The monoisotopic (exact) mass is 382 g/mol. The summed E-state index contributed by atoms with van der Waals surface area (Å²) in [6, 6.07) is 14.5. The molecular weight excluding hydrogens is 355 g/mol. The second-order valence-corrected chi connectivity index (χ2v) is 7.45. The summed E-state index contributed by atoms with van der Waals surface area (Å²) >= 11 is 0. The van der Waals surface area contributed by atoms with E-state index in [1.165, 1.54) is 6.07 Å². The smallest absolute Gasteiger partial charge is 0.226 e. The normalized spacial score (nSPS) is 15.9. The molecule has 0 aliphatic carbocycles. The van der Waals surface area contributed by atoms with Gasteiger partial charge in [-0.1, -0.05) is 49.4 Å². The summed E-state index contributed by atoms with van der Waals surface area (Å²) in [5, 5.41) is 2.81. The van der Waals surface area contributed by atoms with E-state index in [1.807, 2.05) is 42.2 Å². The molecule has 0 aromatic heterocycles. The molecule has 0 saturated carbocycles. The van der Waals surface area contributed by atoms with Crippen molar-refractivity contribution in [1.29, 1.82) is 0 Å². The van der Waals surface area contributed by atoms with Crippen LogP contribution in [0.15, 0.2) is 48.5 Å². The minimum atomic E-state index is -0.515. The molecule has 1 fully saturated rings. The van der Waals surface area contributed by atoms with Crippen molar-refractivity contribution in [3.63, 3.8) is 0 Å². The van der Waals surface area contributed by atoms with Crippen LogP contribution in [0.5, 0.6) is 0 Å². The van der Waals surface area contributed by atoms with Gasteiger partial charge in [-0.15, -0.1) is 0 Å². The molecule has 3 rings (SSSR count). The van der Waals surface area contributed by atoms with E-state index in [1.54, 1.807) is 19.2 Å². The van der Waals surface area contributed by atoms with Gasteiger partial charge in [0.15, 0.2) is 0 Å². The number of halogens is 1. The first-order chi connectivity index (χ1) is 13.5. The van der Waals surface area contributed by atoms with Crippen molar-refractivity contribution >= 4 is 11.8 Å². The minimum absolute atomic E-state index is 0.0225. The summed E-state index contributed by atoms with van der Waals surface area (Å²) in [6.07, 6.45) is 2.39. The highest BCUT2D eigenvalue weighted by molar-refractivity contribution is 5.83. The van der Waals surface area contributed by atoms with Gasteiger partial charge in [0.05, 0.1) is 5.41 Å². The van der Waals surface area contributed by atoms with Crippen molar-refractivity contribution in [3.8, 4) is 11.1 Å². The molecule has 148 valence electrons. The van der Waals surface area contributed by atoms with Crippen LogP contribution in [-0.4, -0.2) is 36.9 Å². The van der Waals surface area contributed by atoms with E-state index in [2.05, 4.69) is 5.32 Å². The molecule has 1 heterocycles. The van der Waals surface area contributed by atoms with Crippen LogP contribution in [0, 0.1) is 11.2 Å². The number of amides is 2. The Morgan fingerprint density at radius 3 is 2.29 bits per heavy atom. The Bertz CT molecular complexity index is 840. The molecule has 0 radical (unpaired) electrons. The van der Waals surface area contributed by atoms with Crippen molar-refractivity contribution in [2.75, 3.05) is 20.1 Å². The molecule has 1 aliphatic heterocycles. The number of carbonyl (C=O) groups is 2. The SMILES string of the molecule is CCC(=O)N1CCC(Cc2ccc(-c3ccccc3F)cc2)(C(=O)NC)CC1. The first-order valence-corrected chi connectivity index (χ1v) is 9.83. The number of nitrogens with one attached hydrogen (secondary N) is 1. The predicted octanol–water partition coefficient (Wildman–Crippen LogP) is 3.80. The Morgan fingerprint density at radius 2 is 1.71 bits per heavy atom. The minimum Gasteiger partial charge on any atom is -0.359 e. The zero-order valence-electron chi connectivity index (χ0n) is 16.5. The third-order valence-corrected chi connectivity index (χ3v) is 5.77. The van der Waals surface area contributed by atoms with E-state index in [9.17, 15) is 14.0 Å². The van der Waals surface area contributed by atoms with E-state index >= 15 is 0 Å². The van der Waals surface area contributed by atoms with Gasteiger partial charge < -0.3 is 10.2 Å². The van der Waals surface area contributed by atoms with Crippen LogP contribution in [-0.2, 0) is 16.0 Å². The van der Waals surface area contributed by atoms with Gasteiger partial charge in [0.1, 0.15) is 5.82 Å². The summed E-state index contributed by atoms with van der Waals surface area (Å²) in [7, 11) is 1.66. The first kappa shape index (κ1) is 20.1. The fraction of sp³-hybridized carbons (Fsp3) is 0.391. The Labute approximate surface area is 165 Å². The van der Waals surface area contributed by atoms with Crippen molar-refractivity contribution in [2.24, 2.45) is 5.41 Å². The molecule has 0 bridgehead atoms. The molecule has 0 spiro atoms. The molecule has 2 aromatic carbocycles. The number of nitrogens with zero attached hydrogens (tertiary/aromatic N) is 1. The summed E-state index contributed by atoms with van der Waals surface area (Å²) in [5.41, 5.74) is 1.92. The van der Waals surface area contributed by atoms with E-state index in [-0.39, 0.29) is 17.6 Å². The molecule has 1 aliphatic rings. The van der Waals surface area contributed by atoms with Crippen molar-refractivity contribution in [1.82, 2.24) is 10.2 Å². The highest BCUT2D eigenvalue weighted by atomic mass is 19.1. The van der Waals surface area contributed by atoms with Crippen molar-refractivity contribution < 1.29 is 14.0 Å². The van der Waals surface area contributed by atoms with Gasteiger partial charge in [-0.3, -0.25) is 9.59 Å². The lowest BCUT2D eigenvalue weighted by Gasteiger charge is -2.40. The third kappa shape index (κ3) is 4.08. The first-order valence-electron chi connectivity index (χ1n) is 9.83. The van der Waals surface area contributed by atoms with Gasteiger partial charge in [0.2, 0.25) is 11.8 Å². The van der Waals surface area contributed by atoms with Crippen molar-refractivity contribution in [3.05, 3.63) is 59.9 Å².